The zero-order chi connectivity index (χ0) is 16.8. The molecular formula is C17H21N3O2S. The molecule has 0 aliphatic rings. The van der Waals surface area contributed by atoms with Crippen molar-refractivity contribution in [2.75, 3.05) is 11.9 Å². The molecular weight excluding hydrogens is 310 g/mol. The fourth-order valence-corrected chi connectivity index (χ4v) is 2.65. The van der Waals surface area contributed by atoms with Crippen LogP contribution in [0.2, 0.25) is 0 Å². The minimum absolute atomic E-state index is 0.0152. The van der Waals surface area contributed by atoms with Gasteiger partial charge in [0.2, 0.25) is 5.91 Å². The summed E-state index contributed by atoms with van der Waals surface area (Å²) in [6, 6.07) is 7.37. The van der Waals surface area contributed by atoms with Gasteiger partial charge in [0.05, 0.1) is 0 Å². The van der Waals surface area contributed by atoms with Crippen LogP contribution >= 0.6 is 11.3 Å². The molecule has 1 aromatic heterocycles. The summed E-state index contributed by atoms with van der Waals surface area (Å²) in [7, 11) is 0. The Labute approximate surface area is 140 Å². The average molecular weight is 331 g/mol. The van der Waals surface area contributed by atoms with Crippen LogP contribution in [0.1, 0.15) is 36.2 Å². The van der Waals surface area contributed by atoms with E-state index < -0.39 is 0 Å². The lowest BCUT2D eigenvalue weighted by Crippen LogP contribution is -2.43. The van der Waals surface area contributed by atoms with Crippen LogP contribution in [0.3, 0.4) is 0 Å². The topological polar surface area (TPSA) is 62.3 Å². The first-order valence-electron chi connectivity index (χ1n) is 7.58. The van der Waals surface area contributed by atoms with E-state index >= 15 is 0 Å². The van der Waals surface area contributed by atoms with Gasteiger partial charge in [0, 0.05) is 23.2 Å². The molecule has 0 bridgehead atoms. The minimum atomic E-state index is -0.235. The number of nitrogens with one attached hydrogen (secondary N) is 1. The maximum Gasteiger partial charge on any atom is 0.254 e. The second-order valence-corrected chi connectivity index (χ2v) is 6.34. The van der Waals surface area contributed by atoms with E-state index in [1.165, 1.54) is 11.3 Å². The van der Waals surface area contributed by atoms with Gasteiger partial charge in [-0.1, -0.05) is 24.6 Å². The van der Waals surface area contributed by atoms with Crippen LogP contribution in [0.4, 0.5) is 5.13 Å². The number of anilines is 1. The van der Waals surface area contributed by atoms with Crippen LogP contribution in [-0.4, -0.2) is 34.3 Å². The van der Waals surface area contributed by atoms with Crippen molar-refractivity contribution in [1.82, 2.24) is 9.88 Å². The van der Waals surface area contributed by atoms with Gasteiger partial charge in [-0.05, 0) is 32.4 Å². The fraction of sp³-hybridized carbons (Fsp3) is 0.353. The Hall–Kier alpha value is -2.21. The standard InChI is InChI=1S/C17H21N3O2S/c1-4-13(3)20(11-15(21)19-17-18-9-10-23-17)16(22)14-7-5-12(2)6-8-14/h5-10,13H,4,11H2,1-3H3,(H,18,19,21)/t13-/m0/s1. The number of amides is 2. The zero-order valence-electron chi connectivity index (χ0n) is 13.6. The van der Waals surface area contributed by atoms with E-state index in [0.29, 0.717) is 10.7 Å². The van der Waals surface area contributed by atoms with Crippen LogP contribution in [0.25, 0.3) is 0 Å². The highest BCUT2D eigenvalue weighted by Crippen LogP contribution is 2.14. The minimum Gasteiger partial charge on any atom is -0.327 e. The van der Waals surface area contributed by atoms with Gasteiger partial charge >= 0.3 is 0 Å². The largest absolute Gasteiger partial charge is 0.327 e. The molecule has 0 aliphatic heterocycles. The number of aromatic nitrogens is 1. The van der Waals surface area contributed by atoms with Gasteiger partial charge in [0.15, 0.2) is 5.13 Å². The summed E-state index contributed by atoms with van der Waals surface area (Å²) in [5.41, 5.74) is 1.69. The van der Waals surface area contributed by atoms with E-state index in [0.717, 1.165) is 12.0 Å². The highest BCUT2D eigenvalue weighted by atomic mass is 32.1. The number of rotatable bonds is 6. The lowest BCUT2D eigenvalue weighted by atomic mass is 10.1. The first kappa shape index (κ1) is 17.1. The molecule has 0 saturated heterocycles. The molecule has 5 nitrogen and oxygen atoms in total. The number of carbonyl (C=O) groups excluding carboxylic acids is 2. The predicted molar refractivity (Wildman–Crippen MR) is 92.7 cm³/mol. The third kappa shape index (κ3) is 4.63. The van der Waals surface area contributed by atoms with Gasteiger partial charge in [0.25, 0.3) is 5.91 Å². The molecule has 122 valence electrons. The van der Waals surface area contributed by atoms with Crippen molar-refractivity contribution in [1.29, 1.82) is 0 Å². The van der Waals surface area contributed by atoms with Crippen molar-refractivity contribution < 1.29 is 9.59 Å². The second kappa shape index (κ2) is 7.87. The summed E-state index contributed by atoms with van der Waals surface area (Å²) in [5, 5.41) is 5.06. The Bertz CT molecular complexity index is 653. The maximum absolute atomic E-state index is 12.7. The lowest BCUT2D eigenvalue weighted by molar-refractivity contribution is -0.117. The summed E-state index contributed by atoms with van der Waals surface area (Å²) in [4.78, 5) is 30.5. The van der Waals surface area contributed by atoms with Crippen molar-refractivity contribution in [2.45, 2.75) is 33.2 Å². The Morgan fingerprint density at radius 2 is 2.00 bits per heavy atom. The average Bonchev–Trinajstić information content (AvgIpc) is 3.05. The van der Waals surface area contributed by atoms with Gasteiger partial charge in [-0.2, -0.15) is 0 Å². The van der Waals surface area contributed by atoms with Gasteiger partial charge in [-0.15, -0.1) is 11.3 Å². The number of aryl methyl sites for hydroxylation is 1. The highest BCUT2D eigenvalue weighted by Gasteiger charge is 2.23. The third-order valence-corrected chi connectivity index (χ3v) is 4.36. The summed E-state index contributed by atoms with van der Waals surface area (Å²) in [6.45, 7) is 5.94. The number of hydrogen-bond acceptors (Lipinski definition) is 4. The predicted octanol–water partition coefficient (Wildman–Crippen LogP) is 3.33. The van der Waals surface area contributed by atoms with Crippen molar-refractivity contribution in [3.63, 3.8) is 0 Å². The van der Waals surface area contributed by atoms with Crippen LogP contribution < -0.4 is 5.32 Å². The van der Waals surface area contributed by atoms with Crippen molar-refractivity contribution >= 4 is 28.3 Å². The SMILES string of the molecule is CC[C@H](C)N(CC(=O)Nc1nccs1)C(=O)c1ccc(C)cc1. The Balaban J connectivity index is 2.11. The summed E-state index contributed by atoms with van der Waals surface area (Å²) in [5.74, 6) is -0.366. The van der Waals surface area contributed by atoms with E-state index in [-0.39, 0.29) is 24.4 Å². The molecule has 2 aromatic rings. The van der Waals surface area contributed by atoms with E-state index in [4.69, 9.17) is 0 Å². The molecule has 2 rings (SSSR count). The van der Waals surface area contributed by atoms with Crippen molar-refractivity contribution in [2.24, 2.45) is 0 Å². The smallest absolute Gasteiger partial charge is 0.254 e. The lowest BCUT2D eigenvalue weighted by Gasteiger charge is -2.28. The van der Waals surface area contributed by atoms with E-state index in [2.05, 4.69) is 10.3 Å². The van der Waals surface area contributed by atoms with Crippen LogP contribution in [-0.2, 0) is 4.79 Å². The van der Waals surface area contributed by atoms with Gasteiger partial charge in [-0.25, -0.2) is 4.98 Å². The number of thiazole rings is 1. The molecule has 23 heavy (non-hydrogen) atoms. The molecule has 0 spiro atoms. The molecule has 6 heteroatoms. The monoisotopic (exact) mass is 331 g/mol. The van der Waals surface area contributed by atoms with E-state index in [1.54, 1.807) is 28.6 Å². The van der Waals surface area contributed by atoms with Crippen LogP contribution in [0, 0.1) is 6.92 Å². The highest BCUT2D eigenvalue weighted by molar-refractivity contribution is 7.13. The summed E-state index contributed by atoms with van der Waals surface area (Å²) < 4.78 is 0. The third-order valence-electron chi connectivity index (χ3n) is 3.67. The molecule has 1 aromatic carbocycles. The molecule has 0 saturated carbocycles. The normalized spacial score (nSPS) is 11.8. The van der Waals surface area contributed by atoms with Crippen molar-refractivity contribution in [3.8, 4) is 0 Å². The summed E-state index contributed by atoms with van der Waals surface area (Å²) in [6.07, 6.45) is 2.41. The first-order valence-corrected chi connectivity index (χ1v) is 8.46. The Morgan fingerprint density at radius 3 is 2.57 bits per heavy atom. The molecule has 1 heterocycles. The molecule has 0 fully saturated rings. The molecule has 1 N–H and O–H groups in total. The van der Waals surface area contributed by atoms with E-state index in [9.17, 15) is 9.59 Å². The first-order chi connectivity index (χ1) is 11.0. The quantitative estimate of drug-likeness (QED) is 0.883. The Kier molecular flexibility index (Phi) is 5.87. The van der Waals surface area contributed by atoms with Gasteiger partial charge in [0.1, 0.15) is 6.54 Å². The fourth-order valence-electron chi connectivity index (χ4n) is 2.11. The molecule has 1 atom stereocenters. The number of benzene rings is 1. The zero-order valence-corrected chi connectivity index (χ0v) is 14.4. The van der Waals surface area contributed by atoms with Crippen LogP contribution in [0.5, 0.6) is 0 Å². The maximum atomic E-state index is 12.7. The summed E-state index contributed by atoms with van der Waals surface area (Å²) >= 11 is 1.35. The molecule has 0 unspecified atom stereocenters. The number of carbonyl (C=O) groups is 2. The van der Waals surface area contributed by atoms with Gasteiger partial charge in [-0.3, -0.25) is 9.59 Å². The number of hydrogen-bond donors (Lipinski definition) is 1. The van der Waals surface area contributed by atoms with Crippen LogP contribution in [0.15, 0.2) is 35.8 Å². The second-order valence-electron chi connectivity index (χ2n) is 5.44. The Morgan fingerprint density at radius 1 is 1.30 bits per heavy atom. The van der Waals surface area contributed by atoms with Crippen molar-refractivity contribution in [3.05, 3.63) is 47.0 Å². The molecule has 0 aliphatic carbocycles. The molecule has 0 radical (unpaired) electrons. The molecule has 2 amide bonds. The van der Waals surface area contributed by atoms with E-state index in [1.807, 2.05) is 32.9 Å². The van der Waals surface area contributed by atoms with Gasteiger partial charge < -0.3 is 10.2 Å². The number of nitrogens with zero attached hydrogens (tertiary/aromatic N) is 2.